The quantitative estimate of drug-likeness (QED) is 0.814. The van der Waals surface area contributed by atoms with Crippen molar-refractivity contribution < 1.29 is 13.2 Å². The van der Waals surface area contributed by atoms with Gasteiger partial charge in [0.1, 0.15) is 0 Å². The highest BCUT2D eigenvalue weighted by Gasteiger charge is 2.35. The molecule has 0 N–H and O–H groups in total. The second-order valence-electron chi connectivity index (χ2n) is 6.98. The zero-order valence-electron chi connectivity index (χ0n) is 14.7. The number of amides is 1. The largest absolute Gasteiger partial charge is 0.340 e. The molecule has 2 aliphatic rings. The van der Waals surface area contributed by atoms with Crippen molar-refractivity contribution in [1.82, 2.24) is 19.0 Å². The third kappa shape index (κ3) is 3.03. The summed E-state index contributed by atoms with van der Waals surface area (Å²) < 4.78 is 29.6. The van der Waals surface area contributed by atoms with E-state index in [9.17, 15) is 13.2 Å². The SMILES string of the molecule is Cc1cccc(S(=O)(=O)N2Cc3ccnn3[C@@H](CN3CCCC3=O)C2)c1. The highest BCUT2D eigenvalue weighted by atomic mass is 32.2. The number of sulfonamides is 1. The number of hydrogen-bond acceptors (Lipinski definition) is 4. The Balaban J connectivity index is 1.64. The molecule has 0 bridgehead atoms. The first kappa shape index (κ1) is 17.2. The van der Waals surface area contributed by atoms with Gasteiger partial charge in [-0.1, -0.05) is 12.1 Å². The van der Waals surface area contributed by atoms with Crippen LogP contribution in [0.5, 0.6) is 0 Å². The van der Waals surface area contributed by atoms with Crippen LogP contribution in [0.4, 0.5) is 0 Å². The second kappa shape index (κ2) is 6.51. The van der Waals surface area contributed by atoms with Gasteiger partial charge in [-0.05, 0) is 37.1 Å². The lowest BCUT2D eigenvalue weighted by Gasteiger charge is -2.35. The fourth-order valence-corrected chi connectivity index (χ4v) is 5.30. The van der Waals surface area contributed by atoms with Crippen molar-refractivity contribution in [2.24, 2.45) is 0 Å². The molecule has 26 heavy (non-hydrogen) atoms. The van der Waals surface area contributed by atoms with Gasteiger partial charge in [-0.2, -0.15) is 9.40 Å². The Morgan fingerprint density at radius 1 is 1.27 bits per heavy atom. The summed E-state index contributed by atoms with van der Waals surface area (Å²) >= 11 is 0. The van der Waals surface area contributed by atoms with Crippen molar-refractivity contribution in [3.8, 4) is 0 Å². The second-order valence-corrected chi connectivity index (χ2v) is 8.92. The van der Waals surface area contributed by atoms with E-state index in [1.165, 1.54) is 4.31 Å². The van der Waals surface area contributed by atoms with Crippen LogP contribution in [0.25, 0.3) is 0 Å². The zero-order chi connectivity index (χ0) is 18.3. The molecule has 0 aliphatic carbocycles. The molecule has 138 valence electrons. The summed E-state index contributed by atoms with van der Waals surface area (Å²) in [6.07, 6.45) is 3.13. The van der Waals surface area contributed by atoms with E-state index in [-0.39, 0.29) is 11.9 Å². The smallest absolute Gasteiger partial charge is 0.243 e. The van der Waals surface area contributed by atoms with Gasteiger partial charge in [-0.3, -0.25) is 9.48 Å². The zero-order valence-corrected chi connectivity index (χ0v) is 15.5. The Bertz CT molecular complexity index is 937. The number of rotatable bonds is 4. The Hall–Kier alpha value is -2.19. The highest BCUT2D eigenvalue weighted by Crippen LogP contribution is 2.28. The maximum absolute atomic E-state index is 13.1. The van der Waals surface area contributed by atoms with E-state index >= 15 is 0 Å². The van der Waals surface area contributed by atoms with Crippen molar-refractivity contribution in [2.75, 3.05) is 19.6 Å². The third-order valence-electron chi connectivity index (χ3n) is 5.08. The molecular formula is C18H22N4O3S. The molecule has 4 rings (SSSR count). The summed E-state index contributed by atoms with van der Waals surface area (Å²) in [4.78, 5) is 14.1. The maximum atomic E-state index is 13.1. The van der Waals surface area contributed by atoms with Crippen molar-refractivity contribution in [2.45, 2.75) is 37.2 Å². The van der Waals surface area contributed by atoms with Gasteiger partial charge in [0.15, 0.2) is 0 Å². The highest BCUT2D eigenvalue weighted by molar-refractivity contribution is 7.89. The van der Waals surface area contributed by atoms with Crippen molar-refractivity contribution >= 4 is 15.9 Å². The van der Waals surface area contributed by atoms with Crippen LogP contribution in [0, 0.1) is 6.92 Å². The Morgan fingerprint density at radius 3 is 2.85 bits per heavy atom. The van der Waals surface area contributed by atoms with E-state index in [0.717, 1.165) is 24.2 Å². The van der Waals surface area contributed by atoms with Gasteiger partial charge in [0.25, 0.3) is 0 Å². The van der Waals surface area contributed by atoms with Crippen LogP contribution in [0.1, 0.15) is 30.1 Å². The van der Waals surface area contributed by atoms with Gasteiger partial charge >= 0.3 is 0 Å². The lowest BCUT2D eigenvalue weighted by atomic mass is 10.2. The average molecular weight is 374 g/mol. The third-order valence-corrected chi connectivity index (χ3v) is 6.89. The molecule has 3 heterocycles. The van der Waals surface area contributed by atoms with Crippen molar-refractivity contribution in [3.63, 3.8) is 0 Å². The Kier molecular flexibility index (Phi) is 4.32. The minimum Gasteiger partial charge on any atom is -0.340 e. The standard InChI is InChI=1S/C18H22N4O3S/c1-14-4-2-5-17(10-14)26(24,25)21-12-15-7-8-19-22(15)16(13-21)11-20-9-3-6-18(20)23/h2,4-5,7-8,10,16H,3,6,9,11-13H2,1H3/t16-/m0/s1. The van der Waals surface area contributed by atoms with E-state index in [2.05, 4.69) is 5.10 Å². The topological polar surface area (TPSA) is 75.5 Å². The normalized spacial score (nSPS) is 21.2. The number of hydrogen-bond donors (Lipinski definition) is 0. The van der Waals surface area contributed by atoms with Crippen LogP contribution in [0.2, 0.25) is 0 Å². The molecule has 1 saturated heterocycles. The summed E-state index contributed by atoms with van der Waals surface area (Å²) in [5, 5.41) is 4.37. The first-order valence-electron chi connectivity index (χ1n) is 8.82. The molecule has 0 radical (unpaired) electrons. The number of nitrogens with zero attached hydrogens (tertiary/aromatic N) is 4. The van der Waals surface area contributed by atoms with Crippen LogP contribution < -0.4 is 0 Å². The summed E-state index contributed by atoms with van der Waals surface area (Å²) in [6, 6.07) is 8.64. The van der Waals surface area contributed by atoms with Gasteiger partial charge < -0.3 is 4.90 Å². The number of carbonyl (C=O) groups excluding carboxylic acids is 1. The van der Waals surface area contributed by atoms with Crippen LogP contribution in [-0.4, -0.2) is 52.9 Å². The number of benzene rings is 1. The minimum absolute atomic E-state index is 0.136. The van der Waals surface area contributed by atoms with Crippen molar-refractivity contribution in [1.29, 1.82) is 0 Å². The van der Waals surface area contributed by atoms with Gasteiger partial charge in [-0.15, -0.1) is 0 Å². The lowest BCUT2D eigenvalue weighted by Crippen LogP contribution is -2.45. The van der Waals surface area contributed by atoms with E-state index in [0.29, 0.717) is 31.0 Å². The molecule has 2 aromatic rings. The minimum atomic E-state index is -3.60. The molecule has 2 aliphatic heterocycles. The average Bonchev–Trinajstić information content (AvgIpc) is 3.24. The molecule has 8 heteroatoms. The lowest BCUT2D eigenvalue weighted by molar-refractivity contribution is -0.128. The fraction of sp³-hybridized carbons (Fsp3) is 0.444. The van der Waals surface area contributed by atoms with Gasteiger partial charge in [-0.25, -0.2) is 8.42 Å². The Labute approximate surface area is 153 Å². The fourth-order valence-electron chi connectivity index (χ4n) is 3.75. The van der Waals surface area contributed by atoms with Gasteiger partial charge in [0.05, 0.1) is 23.2 Å². The first-order chi connectivity index (χ1) is 12.4. The van der Waals surface area contributed by atoms with Crippen LogP contribution in [0.3, 0.4) is 0 Å². The molecule has 1 fully saturated rings. The molecule has 0 spiro atoms. The number of aromatic nitrogens is 2. The summed E-state index contributed by atoms with van der Waals surface area (Å²) in [5.74, 6) is 0.136. The summed E-state index contributed by atoms with van der Waals surface area (Å²) in [6.45, 7) is 3.71. The molecule has 1 aromatic carbocycles. The summed E-state index contributed by atoms with van der Waals surface area (Å²) in [5.41, 5.74) is 1.76. The van der Waals surface area contributed by atoms with Crippen molar-refractivity contribution in [3.05, 3.63) is 47.8 Å². The van der Waals surface area contributed by atoms with Crippen LogP contribution in [0.15, 0.2) is 41.4 Å². The number of fused-ring (bicyclic) bond motifs is 1. The predicted octanol–water partition coefficient (Wildman–Crippen LogP) is 1.56. The number of likely N-dealkylation sites (tertiary alicyclic amines) is 1. The number of aryl methyl sites for hydroxylation is 1. The van der Waals surface area contributed by atoms with E-state index < -0.39 is 10.0 Å². The molecule has 0 unspecified atom stereocenters. The van der Waals surface area contributed by atoms with E-state index in [1.54, 1.807) is 24.4 Å². The first-order valence-corrected chi connectivity index (χ1v) is 10.3. The maximum Gasteiger partial charge on any atom is 0.243 e. The van der Waals surface area contributed by atoms with E-state index in [1.807, 2.05) is 28.6 Å². The van der Waals surface area contributed by atoms with Crippen LogP contribution >= 0.6 is 0 Å². The Morgan fingerprint density at radius 2 is 2.12 bits per heavy atom. The van der Waals surface area contributed by atoms with Crippen LogP contribution in [-0.2, 0) is 21.4 Å². The molecule has 1 atom stereocenters. The molecule has 1 aromatic heterocycles. The van der Waals surface area contributed by atoms with Gasteiger partial charge in [0, 0.05) is 32.3 Å². The van der Waals surface area contributed by atoms with Gasteiger partial charge in [0.2, 0.25) is 15.9 Å². The predicted molar refractivity (Wildman–Crippen MR) is 95.9 cm³/mol. The molecule has 7 nitrogen and oxygen atoms in total. The molecule has 0 saturated carbocycles. The molecule has 1 amide bonds. The summed E-state index contributed by atoms with van der Waals surface area (Å²) in [7, 11) is -3.60. The number of carbonyl (C=O) groups is 1. The monoisotopic (exact) mass is 374 g/mol. The molecular weight excluding hydrogens is 352 g/mol. The van der Waals surface area contributed by atoms with E-state index in [4.69, 9.17) is 0 Å².